The number of benzene rings is 1. The molecule has 0 saturated carbocycles. The fourth-order valence-corrected chi connectivity index (χ4v) is 1.25. The molecule has 1 aromatic rings. The minimum absolute atomic E-state index is 0.0890. The molecule has 0 bridgehead atoms. The Bertz CT molecular complexity index is 378. The Labute approximate surface area is 89.4 Å². The lowest BCUT2D eigenvalue weighted by molar-refractivity contribution is -0.139. The second-order valence-electron chi connectivity index (χ2n) is 3.37. The Kier molecular flexibility index (Phi) is 2.77. The third-order valence-corrected chi connectivity index (χ3v) is 2.15. The van der Waals surface area contributed by atoms with Gasteiger partial charge in [-0.2, -0.15) is 13.2 Å². The smallest absolute Gasteiger partial charge is 0.419 e. The van der Waals surface area contributed by atoms with Crippen molar-refractivity contribution in [3.63, 3.8) is 0 Å². The fraction of sp³-hybridized carbons (Fsp3) is 0.400. The Morgan fingerprint density at radius 1 is 1.31 bits per heavy atom. The van der Waals surface area contributed by atoms with E-state index in [9.17, 15) is 13.2 Å². The van der Waals surface area contributed by atoms with Gasteiger partial charge in [0.2, 0.25) is 0 Å². The maximum absolute atomic E-state index is 12.5. The summed E-state index contributed by atoms with van der Waals surface area (Å²) in [5.41, 5.74) is -0.829. The van der Waals surface area contributed by atoms with Crippen molar-refractivity contribution < 1.29 is 27.8 Å². The van der Waals surface area contributed by atoms with E-state index >= 15 is 0 Å². The van der Waals surface area contributed by atoms with Crippen molar-refractivity contribution in [2.24, 2.45) is 0 Å². The van der Waals surface area contributed by atoms with Crippen molar-refractivity contribution in [2.75, 3.05) is 6.61 Å². The highest BCUT2D eigenvalue weighted by Gasteiger charge is 2.39. The third-order valence-electron chi connectivity index (χ3n) is 2.15. The molecule has 1 aromatic carbocycles. The number of halogens is 3. The van der Waals surface area contributed by atoms with Crippen LogP contribution in [0.2, 0.25) is 0 Å². The fourth-order valence-electron chi connectivity index (χ4n) is 1.25. The zero-order valence-corrected chi connectivity index (χ0v) is 8.07. The first kappa shape index (κ1) is 11.2. The zero-order chi connectivity index (χ0) is 11.8. The summed E-state index contributed by atoms with van der Waals surface area (Å²) in [6, 6.07) is 4.92. The Hall–Kier alpha value is -1.27. The summed E-state index contributed by atoms with van der Waals surface area (Å²) in [5, 5.41) is 8.81. The summed E-state index contributed by atoms with van der Waals surface area (Å²) >= 11 is 0. The summed E-state index contributed by atoms with van der Waals surface area (Å²) < 4.78 is 47.1. The molecule has 2 atom stereocenters. The Balaban J connectivity index is 2.07. The summed E-state index contributed by atoms with van der Waals surface area (Å²) in [6.07, 6.45) is -5.89. The lowest BCUT2D eigenvalue weighted by Crippen LogP contribution is -2.12. The average molecular weight is 234 g/mol. The summed E-state index contributed by atoms with van der Waals surface area (Å²) in [4.78, 5) is 0. The molecule has 0 aromatic heterocycles. The lowest BCUT2D eigenvalue weighted by Gasteiger charge is -2.12. The number of hydrogen-bond donors (Lipinski definition) is 1. The molecule has 16 heavy (non-hydrogen) atoms. The first-order chi connectivity index (χ1) is 7.48. The molecule has 88 valence electrons. The van der Waals surface area contributed by atoms with Crippen LogP contribution in [0.3, 0.4) is 0 Å². The van der Waals surface area contributed by atoms with Gasteiger partial charge in [-0.1, -0.05) is 12.1 Å². The van der Waals surface area contributed by atoms with E-state index in [0.29, 0.717) is 0 Å². The van der Waals surface area contributed by atoms with Gasteiger partial charge in [0.25, 0.3) is 0 Å². The van der Waals surface area contributed by atoms with Crippen molar-refractivity contribution >= 4 is 0 Å². The van der Waals surface area contributed by atoms with E-state index in [0.717, 1.165) is 6.07 Å². The number of rotatable bonds is 3. The standard InChI is InChI=1S/C10H9F3O3/c11-10(12,13)6-3-1-2-4-7(6)15-5-8-9(14)16-8/h1-4,8-9,14H,5H2/t8-,9?/m0/s1. The van der Waals surface area contributed by atoms with Crippen LogP contribution in [0.15, 0.2) is 24.3 Å². The van der Waals surface area contributed by atoms with Crippen molar-refractivity contribution in [1.82, 2.24) is 0 Å². The molecule has 1 fully saturated rings. The summed E-state index contributed by atoms with van der Waals surface area (Å²) in [6.45, 7) is -0.0890. The molecule has 0 aliphatic carbocycles. The summed E-state index contributed by atoms with van der Waals surface area (Å²) in [5.74, 6) is -0.252. The maximum atomic E-state index is 12.5. The van der Waals surface area contributed by atoms with Crippen LogP contribution in [0.1, 0.15) is 5.56 Å². The number of alkyl halides is 3. The van der Waals surface area contributed by atoms with E-state index in [4.69, 9.17) is 9.84 Å². The van der Waals surface area contributed by atoms with E-state index in [1.54, 1.807) is 0 Å². The van der Waals surface area contributed by atoms with E-state index in [2.05, 4.69) is 4.74 Å². The van der Waals surface area contributed by atoms with Crippen molar-refractivity contribution in [1.29, 1.82) is 0 Å². The number of aliphatic hydroxyl groups excluding tert-OH is 1. The molecule has 1 unspecified atom stereocenters. The SMILES string of the molecule is OC1O[C@H]1COc1ccccc1C(F)(F)F. The molecular formula is C10H9F3O3. The molecule has 1 aliphatic rings. The van der Waals surface area contributed by atoms with Crippen molar-refractivity contribution in [3.05, 3.63) is 29.8 Å². The Morgan fingerprint density at radius 2 is 1.94 bits per heavy atom. The van der Waals surface area contributed by atoms with E-state index in [-0.39, 0.29) is 12.4 Å². The minimum Gasteiger partial charge on any atom is -0.490 e. The van der Waals surface area contributed by atoms with E-state index < -0.39 is 24.1 Å². The Morgan fingerprint density at radius 3 is 2.50 bits per heavy atom. The van der Waals surface area contributed by atoms with Crippen LogP contribution in [-0.2, 0) is 10.9 Å². The molecule has 1 saturated heterocycles. The predicted octanol–water partition coefficient (Wildman–Crippen LogP) is 1.80. The first-order valence-corrected chi connectivity index (χ1v) is 4.61. The second kappa shape index (κ2) is 3.95. The van der Waals surface area contributed by atoms with Gasteiger partial charge in [0, 0.05) is 0 Å². The van der Waals surface area contributed by atoms with Crippen LogP contribution >= 0.6 is 0 Å². The van der Waals surface area contributed by atoms with Crippen LogP contribution in [-0.4, -0.2) is 24.1 Å². The van der Waals surface area contributed by atoms with E-state index in [1.807, 2.05) is 0 Å². The molecule has 1 heterocycles. The van der Waals surface area contributed by atoms with Crippen LogP contribution in [0, 0.1) is 0 Å². The van der Waals surface area contributed by atoms with Gasteiger partial charge in [-0.05, 0) is 12.1 Å². The topological polar surface area (TPSA) is 42.0 Å². The van der Waals surface area contributed by atoms with Gasteiger partial charge < -0.3 is 14.6 Å². The average Bonchev–Trinajstić information content (AvgIpc) is 2.91. The van der Waals surface area contributed by atoms with Gasteiger partial charge >= 0.3 is 6.18 Å². The lowest BCUT2D eigenvalue weighted by atomic mass is 10.2. The molecule has 1 N–H and O–H groups in total. The second-order valence-corrected chi connectivity index (χ2v) is 3.37. The predicted molar refractivity (Wildman–Crippen MR) is 47.8 cm³/mol. The number of aliphatic hydroxyl groups is 1. The van der Waals surface area contributed by atoms with Gasteiger partial charge in [-0.3, -0.25) is 0 Å². The van der Waals surface area contributed by atoms with Gasteiger partial charge in [-0.25, -0.2) is 0 Å². The van der Waals surface area contributed by atoms with Gasteiger partial charge in [0.15, 0.2) is 6.29 Å². The van der Waals surface area contributed by atoms with Crippen LogP contribution in [0.5, 0.6) is 5.75 Å². The van der Waals surface area contributed by atoms with Gasteiger partial charge in [0.05, 0.1) is 5.56 Å². The van der Waals surface area contributed by atoms with Gasteiger partial charge in [0.1, 0.15) is 18.5 Å². The van der Waals surface area contributed by atoms with E-state index in [1.165, 1.54) is 18.2 Å². The van der Waals surface area contributed by atoms with Crippen molar-refractivity contribution in [3.8, 4) is 5.75 Å². The quantitative estimate of drug-likeness (QED) is 0.811. The van der Waals surface area contributed by atoms with Crippen LogP contribution < -0.4 is 4.74 Å². The summed E-state index contributed by atoms with van der Waals surface area (Å²) in [7, 11) is 0. The van der Waals surface area contributed by atoms with Crippen LogP contribution in [0.25, 0.3) is 0 Å². The van der Waals surface area contributed by atoms with Crippen molar-refractivity contribution in [2.45, 2.75) is 18.6 Å². The maximum Gasteiger partial charge on any atom is 0.419 e. The highest BCUT2D eigenvalue weighted by molar-refractivity contribution is 5.35. The normalized spacial score (nSPS) is 24.2. The largest absolute Gasteiger partial charge is 0.490 e. The number of epoxide rings is 1. The first-order valence-electron chi connectivity index (χ1n) is 4.61. The monoisotopic (exact) mass is 234 g/mol. The number of para-hydroxylation sites is 1. The van der Waals surface area contributed by atoms with Crippen LogP contribution in [0.4, 0.5) is 13.2 Å². The molecule has 6 heteroatoms. The number of hydrogen-bond acceptors (Lipinski definition) is 3. The molecule has 0 radical (unpaired) electrons. The third kappa shape index (κ3) is 2.45. The zero-order valence-electron chi connectivity index (χ0n) is 8.07. The number of ether oxygens (including phenoxy) is 2. The molecule has 2 rings (SSSR count). The molecule has 3 nitrogen and oxygen atoms in total. The highest BCUT2D eigenvalue weighted by Crippen LogP contribution is 2.36. The molecule has 1 aliphatic heterocycles. The highest BCUT2D eigenvalue weighted by atomic mass is 19.4. The molecule has 0 spiro atoms. The minimum atomic E-state index is -4.44. The molecule has 0 amide bonds. The molecular weight excluding hydrogens is 225 g/mol. The van der Waals surface area contributed by atoms with Gasteiger partial charge in [-0.15, -0.1) is 0 Å².